The first kappa shape index (κ1) is 28.8. The predicted octanol–water partition coefficient (Wildman–Crippen LogP) is 10.9. The molecule has 5 heteroatoms. The Hall–Kier alpha value is -5.68. The highest BCUT2D eigenvalue weighted by Gasteiger charge is 2.27. The molecule has 0 fully saturated rings. The highest BCUT2D eigenvalue weighted by Crippen LogP contribution is 2.46. The Morgan fingerprint density at radius 3 is 1.98 bits per heavy atom. The second-order valence-corrected chi connectivity index (χ2v) is 12.4. The monoisotopic (exact) mass is 613 g/mol. The summed E-state index contributed by atoms with van der Waals surface area (Å²) in [5, 5.41) is 1.98. The fourth-order valence-electron chi connectivity index (χ4n) is 7.25. The first-order chi connectivity index (χ1) is 22.8. The van der Waals surface area contributed by atoms with Gasteiger partial charge in [0.15, 0.2) is 0 Å². The number of nitrogens with zero attached hydrogens (tertiary/aromatic N) is 3. The summed E-state index contributed by atoms with van der Waals surface area (Å²) in [6, 6.07) is 36.3. The molecule has 8 rings (SSSR count). The van der Waals surface area contributed by atoms with Crippen LogP contribution in [0.15, 0.2) is 108 Å². The van der Waals surface area contributed by atoms with Crippen LogP contribution >= 0.6 is 0 Å². The Labute approximate surface area is 274 Å². The van der Waals surface area contributed by atoms with E-state index in [4.69, 9.17) is 19.1 Å². The molecule has 5 nitrogen and oxygen atoms in total. The van der Waals surface area contributed by atoms with E-state index in [0.29, 0.717) is 5.71 Å². The third kappa shape index (κ3) is 4.53. The van der Waals surface area contributed by atoms with E-state index >= 15 is 0 Å². The van der Waals surface area contributed by atoms with Crippen molar-refractivity contribution in [1.82, 2.24) is 14.5 Å². The quantitative estimate of drug-likeness (QED) is 0.194. The molecule has 0 atom stereocenters. The van der Waals surface area contributed by atoms with Gasteiger partial charge < -0.3 is 9.15 Å². The average Bonchev–Trinajstić information content (AvgIpc) is 3.64. The second kappa shape index (κ2) is 11.0. The lowest BCUT2D eigenvalue weighted by atomic mass is 9.95. The first-order valence-electron chi connectivity index (χ1n) is 16.0. The Kier molecular flexibility index (Phi) is 6.73. The molecule has 0 aliphatic carbocycles. The minimum Gasteiger partial charge on any atom is -0.496 e. The van der Waals surface area contributed by atoms with E-state index < -0.39 is 0 Å². The number of para-hydroxylation sites is 2. The number of benzene rings is 5. The third-order valence-electron chi connectivity index (χ3n) is 9.38. The van der Waals surface area contributed by atoms with Crippen molar-refractivity contribution in [3.05, 3.63) is 131 Å². The number of rotatable bonds is 5. The lowest BCUT2D eigenvalue weighted by Gasteiger charge is -2.19. The number of methoxy groups -OCH3 is 1. The number of hydrogen-bond donors (Lipinski definition) is 0. The number of imidazole rings is 1. The standard InChI is InChI=1S/C42H35N3O2/c1-24-22-32(31-19-17-30(18-20-31)29-12-8-7-9-13-29)23-25(2)38(24)45-35-15-11-10-14-34(35)44-41(45)37-28(5)39(46-6)27(4)36-33-21-16-26(3)43-42(33)47-40(36)37/h7-23H,1-6H3. The summed E-state index contributed by atoms with van der Waals surface area (Å²) >= 11 is 0. The molecule has 0 amide bonds. The molecule has 0 spiro atoms. The molecule has 8 aromatic rings. The molecule has 5 aromatic carbocycles. The van der Waals surface area contributed by atoms with Crippen LogP contribution in [0.25, 0.3) is 72.4 Å². The molecular weight excluding hydrogens is 578 g/mol. The number of hydrogen-bond acceptors (Lipinski definition) is 4. The van der Waals surface area contributed by atoms with Gasteiger partial charge in [-0.3, -0.25) is 4.57 Å². The molecule has 0 saturated heterocycles. The lowest BCUT2D eigenvalue weighted by Crippen LogP contribution is -2.05. The molecule has 47 heavy (non-hydrogen) atoms. The van der Waals surface area contributed by atoms with E-state index in [1.807, 2.05) is 25.1 Å². The van der Waals surface area contributed by atoms with Gasteiger partial charge in [0.25, 0.3) is 0 Å². The zero-order valence-electron chi connectivity index (χ0n) is 27.5. The van der Waals surface area contributed by atoms with Crippen LogP contribution in [-0.2, 0) is 0 Å². The van der Waals surface area contributed by atoms with Crippen molar-refractivity contribution in [2.24, 2.45) is 0 Å². The van der Waals surface area contributed by atoms with Crippen molar-refractivity contribution in [2.45, 2.75) is 34.6 Å². The van der Waals surface area contributed by atoms with E-state index in [-0.39, 0.29) is 0 Å². The maximum absolute atomic E-state index is 6.63. The molecule has 0 aliphatic heterocycles. The molecule has 0 N–H and O–H groups in total. The normalized spacial score (nSPS) is 11.6. The lowest BCUT2D eigenvalue weighted by molar-refractivity contribution is 0.409. The van der Waals surface area contributed by atoms with Gasteiger partial charge in [0.05, 0.1) is 29.4 Å². The highest BCUT2D eigenvalue weighted by molar-refractivity contribution is 6.12. The number of pyridine rings is 1. The van der Waals surface area contributed by atoms with Crippen molar-refractivity contribution in [1.29, 1.82) is 0 Å². The van der Waals surface area contributed by atoms with Gasteiger partial charge >= 0.3 is 0 Å². The van der Waals surface area contributed by atoms with Gasteiger partial charge in [-0.2, -0.15) is 0 Å². The Morgan fingerprint density at radius 1 is 0.638 bits per heavy atom. The van der Waals surface area contributed by atoms with Gasteiger partial charge in [0.1, 0.15) is 17.2 Å². The van der Waals surface area contributed by atoms with Crippen LogP contribution < -0.4 is 4.74 Å². The van der Waals surface area contributed by atoms with E-state index in [1.165, 1.54) is 22.3 Å². The van der Waals surface area contributed by atoms with Gasteiger partial charge in [0.2, 0.25) is 5.71 Å². The van der Waals surface area contributed by atoms with Gasteiger partial charge in [-0.15, -0.1) is 0 Å². The van der Waals surface area contributed by atoms with Crippen LogP contribution in [0.4, 0.5) is 0 Å². The van der Waals surface area contributed by atoms with Crippen LogP contribution in [0.2, 0.25) is 0 Å². The summed E-state index contributed by atoms with van der Waals surface area (Å²) in [4.78, 5) is 10.0. The van der Waals surface area contributed by atoms with E-state index in [0.717, 1.165) is 78.2 Å². The molecule has 0 saturated carbocycles. The average molecular weight is 614 g/mol. The molecule has 0 unspecified atom stereocenters. The zero-order valence-corrected chi connectivity index (χ0v) is 27.5. The van der Waals surface area contributed by atoms with Gasteiger partial charge in [-0.05, 0) is 104 Å². The Balaban J connectivity index is 1.36. The Morgan fingerprint density at radius 2 is 1.28 bits per heavy atom. The Bertz CT molecular complexity index is 2460. The van der Waals surface area contributed by atoms with Crippen LogP contribution in [0.3, 0.4) is 0 Å². The number of aryl methyl sites for hydroxylation is 4. The zero-order chi connectivity index (χ0) is 32.4. The number of ether oxygens (including phenoxy) is 1. The van der Waals surface area contributed by atoms with E-state index in [2.05, 4.69) is 117 Å². The van der Waals surface area contributed by atoms with Crippen LogP contribution in [0, 0.1) is 34.6 Å². The van der Waals surface area contributed by atoms with Crippen molar-refractivity contribution < 1.29 is 9.15 Å². The third-order valence-corrected chi connectivity index (χ3v) is 9.38. The molecule has 0 radical (unpaired) electrons. The molecule has 3 heterocycles. The van der Waals surface area contributed by atoms with Crippen molar-refractivity contribution in [2.75, 3.05) is 7.11 Å². The van der Waals surface area contributed by atoms with Crippen molar-refractivity contribution in [3.8, 4) is 45.1 Å². The SMILES string of the molecule is COc1c(C)c(-c2nc3ccccc3n2-c2c(C)cc(-c3ccc(-c4ccccc4)cc3)cc2C)c2oc3nc(C)ccc3c2c1C. The largest absolute Gasteiger partial charge is 0.496 e. The molecule has 3 aromatic heterocycles. The maximum atomic E-state index is 6.63. The molecule has 0 aliphatic rings. The summed E-state index contributed by atoms with van der Waals surface area (Å²) < 4.78 is 15.0. The number of fused-ring (bicyclic) bond motifs is 4. The first-order valence-corrected chi connectivity index (χ1v) is 16.0. The molecule has 230 valence electrons. The fourth-order valence-corrected chi connectivity index (χ4v) is 7.25. The maximum Gasteiger partial charge on any atom is 0.227 e. The van der Waals surface area contributed by atoms with Gasteiger partial charge in [-0.1, -0.05) is 66.7 Å². The topological polar surface area (TPSA) is 53.1 Å². The summed E-state index contributed by atoms with van der Waals surface area (Å²) in [5.74, 6) is 1.64. The number of furan rings is 1. The minimum absolute atomic E-state index is 0.620. The van der Waals surface area contributed by atoms with Crippen LogP contribution in [0.1, 0.15) is 27.9 Å². The predicted molar refractivity (Wildman–Crippen MR) is 193 cm³/mol. The van der Waals surface area contributed by atoms with Crippen molar-refractivity contribution >= 4 is 33.1 Å². The van der Waals surface area contributed by atoms with Crippen molar-refractivity contribution in [3.63, 3.8) is 0 Å². The van der Waals surface area contributed by atoms with E-state index in [1.54, 1.807) is 7.11 Å². The van der Waals surface area contributed by atoms with E-state index in [9.17, 15) is 0 Å². The van der Waals surface area contributed by atoms with Crippen LogP contribution in [-0.4, -0.2) is 21.6 Å². The smallest absolute Gasteiger partial charge is 0.227 e. The number of aromatic nitrogens is 3. The summed E-state index contributed by atoms with van der Waals surface area (Å²) in [7, 11) is 1.73. The second-order valence-electron chi connectivity index (χ2n) is 12.4. The minimum atomic E-state index is 0.620. The fraction of sp³-hybridized carbons (Fsp3) is 0.143. The molecule has 0 bridgehead atoms. The summed E-state index contributed by atoms with van der Waals surface area (Å²) in [6.45, 7) is 10.6. The van der Waals surface area contributed by atoms with Gasteiger partial charge in [-0.25, -0.2) is 9.97 Å². The van der Waals surface area contributed by atoms with Gasteiger partial charge in [0, 0.05) is 27.6 Å². The highest BCUT2D eigenvalue weighted by atomic mass is 16.5. The summed E-state index contributed by atoms with van der Waals surface area (Å²) in [6.07, 6.45) is 0. The molecular formula is C42H35N3O2. The van der Waals surface area contributed by atoms with Crippen LogP contribution in [0.5, 0.6) is 5.75 Å². The summed E-state index contributed by atoms with van der Waals surface area (Å²) in [5.41, 5.74) is 15.4.